The minimum Gasteiger partial charge on any atom is -0.277 e. The maximum atomic E-state index is 12.5. The summed E-state index contributed by atoms with van der Waals surface area (Å²) in [5, 5.41) is 4.63. The number of hydrogen-bond acceptors (Lipinski definition) is 3. The molecule has 5 aliphatic rings. The van der Waals surface area contributed by atoms with Gasteiger partial charge >= 0.3 is 6.03 Å². The van der Waals surface area contributed by atoms with Gasteiger partial charge in [-0.2, -0.15) is 0 Å². The zero-order valence-corrected chi connectivity index (χ0v) is 23.2. The number of rotatable bonds is 6. The summed E-state index contributed by atoms with van der Waals surface area (Å²) in [4.78, 5) is 36.6. The molecule has 8 unspecified atom stereocenters. The first-order valence-electron chi connectivity index (χ1n) is 14.9. The van der Waals surface area contributed by atoms with E-state index in [1.807, 2.05) is 0 Å². The molecule has 0 bridgehead atoms. The van der Waals surface area contributed by atoms with E-state index in [4.69, 9.17) is 0 Å². The average Bonchev–Trinajstić information content (AvgIpc) is 3.15. The van der Waals surface area contributed by atoms with Gasteiger partial charge in [0.25, 0.3) is 0 Å². The number of allylic oxidation sites excluding steroid dienone is 2. The third-order valence-electron chi connectivity index (χ3n) is 11.9. The highest BCUT2D eigenvalue weighted by molar-refractivity contribution is 6.16. The topological polar surface area (TPSA) is 75.3 Å². The van der Waals surface area contributed by atoms with Crippen molar-refractivity contribution in [1.29, 1.82) is 0 Å². The number of carbonyl (C=O) groups excluding carboxylic acids is 3. The van der Waals surface area contributed by atoms with E-state index in [1.54, 1.807) is 0 Å². The lowest BCUT2D eigenvalue weighted by Crippen LogP contribution is -2.58. The van der Waals surface area contributed by atoms with Crippen LogP contribution in [0.25, 0.3) is 0 Å². The van der Waals surface area contributed by atoms with E-state index in [-0.39, 0.29) is 11.3 Å². The zero-order chi connectivity index (χ0) is 25.8. The number of imide groups is 2. The SMILES string of the molecule is CC(C)CCCC(C)C1CCC2C3CC=C4CC(C5C(=O)NC(=O)NC5=O)CCC4(C)C3CCC12C. The minimum atomic E-state index is -0.742. The Morgan fingerprint density at radius 2 is 1.64 bits per heavy atom. The van der Waals surface area contributed by atoms with Crippen molar-refractivity contribution in [2.75, 3.05) is 0 Å². The maximum Gasteiger partial charge on any atom is 0.328 e. The van der Waals surface area contributed by atoms with Crippen LogP contribution in [0.15, 0.2) is 11.6 Å². The zero-order valence-electron chi connectivity index (χ0n) is 23.2. The maximum absolute atomic E-state index is 12.5. The van der Waals surface area contributed by atoms with Gasteiger partial charge in [0.2, 0.25) is 11.8 Å². The van der Waals surface area contributed by atoms with Gasteiger partial charge < -0.3 is 0 Å². The molecule has 0 spiro atoms. The van der Waals surface area contributed by atoms with Crippen molar-refractivity contribution in [1.82, 2.24) is 10.6 Å². The van der Waals surface area contributed by atoms with E-state index in [9.17, 15) is 14.4 Å². The summed E-state index contributed by atoms with van der Waals surface area (Å²) in [7, 11) is 0. The first kappa shape index (κ1) is 26.0. The Labute approximate surface area is 218 Å². The Morgan fingerprint density at radius 3 is 2.33 bits per heavy atom. The van der Waals surface area contributed by atoms with E-state index in [0.29, 0.717) is 5.41 Å². The van der Waals surface area contributed by atoms with Gasteiger partial charge in [-0.3, -0.25) is 20.2 Å². The molecule has 1 heterocycles. The second-order valence-electron chi connectivity index (χ2n) is 14.1. The molecule has 0 aromatic carbocycles. The van der Waals surface area contributed by atoms with Crippen LogP contribution in [0.1, 0.15) is 105 Å². The molecule has 8 atom stereocenters. The first-order valence-corrected chi connectivity index (χ1v) is 14.9. The lowest BCUT2D eigenvalue weighted by molar-refractivity contribution is -0.139. The van der Waals surface area contributed by atoms with Gasteiger partial charge in [-0.1, -0.05) is 65.5 Å². The van der Waals surface area contributed by atoms with Crippen LogP contribution in [-0.2, 0) is 9.59 Å². The molecule has 4 fully saturated rings. The molecule has 4 amide bonds. The molecular weight excluding hydrogens is 448 g/mol. The molecule has 5 rings (SSSR count). The van der Waals surface area contributed by atoms with Crippen molar-refractivity contribution in [3.8, 4) is 0 Å². The Balaban J connectivity index is 1.30. The predicted molar refractivity (Wildman–Crippen MR) is 142 cm³/mol. The molecule has 4 aliphatic carbocycles. The lowest BCUT2D eigenvalue weighted by atomic mass is 9.46. The van der Waals surface area contributed by atoms with Crippen molar-refractivity contribution < 1.29 is 14.4 Å². The second-order valence-corrected chi connectivity index (χ2v) is 14.1. The molecular formula is C31H48N2O3. The highest BCUT2D eigenvalue weighted by Crippen LogP contribution is 2.67. The quantitative estimate of drug-likeness (QED) is 0.320. The fraction of sp³-hybridized carbons (Fsp3) is 0.839. The highest BCUT2D eigenvalue weighted by atomic mass is 16.2. The molecule has 0 radical (unpaired) electrons. The summed E-state index contributed by atoms with van der Waals surface area (Å²) in [6.45, 7) is 12.4. The summed E-state index contributed by atoms with van der Waals surface area (Å²) >= 11 is 0. The fourth-order valence-corrected chi connectivity index (χ4v) is 9.96. The molecule has 2 N–H and O–H groups in total. The minimum absolute atomic E-state index is 0.00891. The van der Waals surface area contributed by atoms with Crippen LogP contribution in [0.2, 0.25) is 0 Å². The smallest absolute Gasteiger partial charge is 0.277 e. The van der Waals surface area contributed by atoms with Gasteiger partial charge in [0.05, 0.1) is 0 Å². The van der Waals surface area contributed by atoms with Crippen molar-refractivity contribution in [2.24, 2.45) is 58.2 Å². The third kappa shape index (κ3) is 4.26. The van der Waals surface area contributed by atoms with E-state index in [0.717, 1.165) is 54.8 Å². The van der Waals surface area contributed by atoms with E-state index in [2.05, 4.69) is 51.3 Å². The second kappa shape index (κ2) is 9.58. The molecule has 3 saturated carbocycles. The van der Waals surface area contributed by atoms with E-state index < -0.39 is 23.8 Å². The monoisotopic (exact) mass is 496 g/mol. The number of barbiturate groups is 1. The number of fused-ring (bicyclic) bond motifs is 5. The summed E-state index contributed by atoms with van der Waals surface area (Å²) in [5.41, 5.74) is 2.17. The highest BCUT2D eigenvalue weighted by Gasteiger charge is 2.59. The summed E-state index contributed by atoms with van der Waals surface area (Å²) < 4.78 is 0. The standard InChI is InChI=1S/C31H48N2O3/c1-18(2)7-6-8-19(3)23-11-12-24-22-10-9-21-17-20(26-27(34)32-29(36)33-28(26)35)13-15-30(21,4)25(22)14-16-31(23,24)5/h9,18-20,22-26H,6-8,10-17H2,1-5H3,(H2,32,33,34,35,36). The first-order chi connectivity index (χ1) is 17.0. The van der Waals surface area contributed by atoms with Crippen LogP contribution < -0.4 is 10.6 Å². The van der Waals surface area contributed by atoms with Crippen LogP contribution in [0, 0.1) is 58.2 Å². The van der Waals surface area contributed by atoms with Crippen molar-refractivity contribution >= 4 is 17.8 Å². The van der Waals surface area contributed by atoms with Crippen molar-refractivity contribution in [2.45, 2.75) is 105 Å². The van der Waals surface area contributed by atoms with Crippen LogP contribution in [-0.4, -0.2) is 17.8 Å². The largest absolute Gasteiger partial charge is 0.328 e. The Hall–Kier alpha value is -1.65. The van der Waals surface area contributed by atoms with Gasteiger partial charge in [-0.15, -0.1) is 0 Å². The number of amides is 4. The Morgan fingerprint density at radius 1 is 0.917 bits per heavy atom. The number of carbonyl (C=O) groups is 3. The molecule has 0 aromatic rings. The van der Waals surface area contributed by atoms with Crippen LogP contribution in [0.5, 0.6) is 0 Å². The summed E-state index contributed by atoms with van der Waals surface area (Å²) in [5.74, 6) is 3.26. The third-order valence-corrected chi connectivity index (χ3v) is 11.9. The van der Waals surface area contributed by atoms with Gasteiger partial charge in [0.15, 0.2) is 0 Å². The molecule has 5 heteroatoms. The van der Waals surface area contributed by atoms with Crippen LogP contribution in [0.3, 0.4) is 0 Å². The van der Waals surface area contributed by atoms with Gasteiger partial charge in [0.1, 0.15) is 5.92 Å². The summed E-state index contributed by atoms with van der Waals surface area (Å²) in [6.07, 6.45) is 16.0. The van der Waals surface area contributed by atoms with Crippen LogP contribution in [0.4, 0.5) is 4.79 Å². The molecule has 1 saturated heterocycles. The number of urea groups is 1. The van der Waals surface area contributed by atoms with Gasteiger partial charge in [0, 0.05) is 0 Å². The van der Waals surface area contributed by atoms with Crippen molar-refractivity contribution in [3.63, 3.8) is 0 Å². The normalized spacial score (nSPS) is 41.7. The van der Waals surface area contributed by atoms with E-state index >= 15 is 0 Å². The molecule has 0 aromatic heterocycles. The molecule has 36 heavy (non-hydrogen) atoms. The number of nitrogens with one attached hydrogen (secondary N) is 2. The molecule has 1 aliphatic heterocycles. The Bertz CT molecular complexity index is 920. The lowest BCUT2D eigenvalue weighted by Gasteiger charge is -2.59. The van der Waals surface area contributed by atoms with Gasteiger partial charge in [-0.05, 0) is 104 Å². The Kier molecular flexibility index (Phi) is 6.91. The number of hydrogen-bond donors (Lipinski definition) is 2. The summed E-state index contributed by atoms with van der Waals surface area (Å²) in [6, 6.07) is -0.684. The van der Waals surface area contributed by atoms with Gasteiger partial charge in [-0.25, -0.2) is 4.79 Å². The molecule has 5 nitrogen and oxygen atoms in total. The van der Waals surface area contributed by atoms with E-state index in [1.165, 1.54) is 56.9 Å². The van der Waals surface area contributed by atoms with Crippen molar-refractivity contribution in [3.05, 3.63) is 11.6 Å². The fourth-order valence-electron chi connectivity index (χ4n) is 9.96. The predicted octanol–water partition coefficient (Wildman–Crippen LogP) is 6.63. The van der Waals surface area contributed by atoms with Crippen LogP contribution >= 0.6 is 0 Å². The molecule has 200 valence electrons. The average molecular weight is 497 g/mol.